The van der Waals surface area contributed by atoms with Crippen molar-refractivity contribution in [2.75, 3.05) is 0 Å². The van der Waals surface area contributed by atoms with E-state index in [0.717, 1.165) is 37.1 Å². The van der Waals surface area contributed by atoms with Gasteiger partial charge in [0.2, 0.25) is 0 Å². The van der Waals surface area contributed by atoms with E-state index in [9.17, 15) is 4.79 Å². The Morgan fingerprint density at radius 2 is 2.18 bits per heavy atom. The number of aryl methyl sites for hydroxylation is 1. The molecule has 1 heterocycles. The van der Waals surface area contributed by atoms with Crippen LogP contribution in [0.4, 0.5) is 0 Å². The molecule has 1 atom stereocenters. The Labute approximate surface area is 101 Å². The van der Waals surface area contributed by atoms with Crippen LogP contribution in [0.1, 0.15) is 37.8 Å². The topological polar surface area (TPSA) is 39.2 Å². The Kier molecular flexibility index (Phi) is 2.42. The lowest BCUT2D eigenvalue weighted by molar-refractivity contribution is -0.151. The molecule has 3 nitrogen and oxygen atoms in total. The molecule has 2 fully saturated rings. The number of ether oxygens (including phenoxy) is 1. The predicted octanol–water partition coefficient (Wildman–Crippen LogP) is 2.67. The van der Waals surface area contributed by atoms with Gasteiger partial charge in [-0.15, -0.1) is 0 Å². The van der Waals surface area contributed by atoms with Crippen molar-refractivity contribution in [3.63, 3.8) is 0 Å². The minimum absolute atomic E-state index is 0.0837. The zero-order chi connectivity index (χ0) is 11.9. The van der Waals surface area contributed by atoms with Crippen LogP contribution in [0.5, 0.6) is 5.75 Å². The van der Waals surface area contributed by atoms with E-state index in [1.165, 1.54) is 0 Å². The van der Waals surface area contributed by atoms with E-state index >= 15 is 0 Å². The summed E-state index contributed by atoms with van der Waals surface area (Å²) in [6.45, 7) is 1.94. The van der Waals surface area contributed by atoms with Crippen LogP contribution >= 0.6 is 0 Å². The molecular formula is C14H17NO2. The van der Waals surface area contributed by atoms with E-state index in [1.54, 1.807) is 6.20 Å². The first-order valence-corrected chi connectivity index (χ1v) is 6.34. The highest BCUT2D eigenvalue weighted by molar-refractivity contribution is 5.92. The maximum absolute atomic E-state index is 11.8. The number of hydrogen-bond donors (Lipinski definition) is 0. The molecule has 17 heavy (non-hydrogen) atoms. The van der Waals surface area contributed by atoms with Gasteiger partial charge >= 0.3 is 0 Å². The first-order valence-electron chi connectivity index (χ1n) is 6.34. The van der Waals surface area contributed by atoms with Crippen LogP contribution in [0.15, 0.2) is 18.3 Å². The van der Waals surface area contributed by atoms with E-state index in [-0.39, 0.29) is 11.5 Å². The quantitative estimate of drug-likeness (QED) is 0.785. The van der Waals surface area contributed by atoms with E-state index in [2.05, 4.69) is 4.98 Å². The Balaban J connectivity index is 1.79. The van der Waals surface area contributed by atoms with Gasteiger partial charge in [-0.1, -0.05) is 12.8 Å². The first-order chi connectivity index (χ1) is 8.22. The zero-order valence-electron chi connectivity index (χ0n) is 10.1. The van der Waals surface area contributed by atoms with E-state index in [0.29, 0.717) is 12.2 Å². The van der Waals surface area contributed by atoms with Gasteiger partial charge in [0.15, 0.2) is 0 Å². The molecule has 0 bridgehead atoms. The van der Waals surface area contributed by atoms with Crippen LogP contribution in [0, 0.1) is 12.3 Å². The number of carbonyl (C=O) groups excluding carboxylic acids is 1. The minimum atomic E-state index is -0.151. The number of Topliss-reactive ketones (excluding diaryl/α,β-unsaturated/α-hetero) is 1. The average molecular weight is 231 g/mol. The third kappa shape index (κ3) is 1.56. The monoisotopic (exact) mass is 231 g/mol. The lowest BCUT2D eigenvalue weighted by Crippen LogP contribution is -2.55. The summed E-state index contributed by atoms with van der Waals surface area (Å²) in [4.78, 5) is 16.1. The second-order valence-electron chi connectivity index (χ2n) is 5.18. The summed E-state index contributed by atoms with van der Waals surface area (Å²) in [5.74, 6) is 1.23. The molecule has 0 aromatic carbocycles. The maximum Gasteiger partial charge on any atom is 0.146 e. The highest BCUT2D eigenvalue weighted by Gasteiger charge is 2.57. The van der Waals surface area contributed by atoms with Gasteiger partial charge in [-0.2, -0.15) is 0 Å². The molecule has 0 aliphatic heterocycles. The van der Waals surface area contributed by atoms with Gasteiger partial charge in [0.1, 0.15) is 17.6 Å². The maximum atomic E-state index is 11.8. The molecule has 3 heteroatoms. The fourth-order valence-electron chi connectivity index (χ4n) is 3.12. The molecule has 2 aliphatic rings. The summed E-state index contributed by atoms with van der Waals surface area (Å²) < 4.78 is 6.01. The molecule has 1 aromatic heterocycles. The first kappa shape index (κ1) is 10.8. The molecule has 3 rings (SSSR count). The van der Waals surface area contributed by atoms with Crippen LogP contribution < -0.4 is 4.74 Å². The SMILES string of the molecule is Cc1ncccc1OC1CC(=O)C12CCCC2. The summed E-state index contributed by atoms with van der Waals surface area (Å²) in [6, 6.07) is 3.82. The second kappa shape index (κ2) is 3.83. The van der Waals surface area contributed by atoms with Crippen LogP contribution in [0.2, 0.25) is 0 Å². The highest BCUT2D eigenvalue weighted by Crippen LogP contribution is 2.52. The normalized spacial score (nSPS) is 25.9. The van der Waals surface area contributed by atoms with Crippen LogP contribution in [-0.2, 0) is 4.79 Å². The van der Waals surface area contributed by atoms with E-state index in [1.807, 2.05) is 19.1 Å². The molecule has 2 aliphatic carbocycles. The van der Waals surface area contributed by atoms with Crippen molar-refractivity contribution in [1.82, 2.24) is 4.98 Å². The lowest BCUT2D eigenvalue weighted by atomic mass is 9.63. The second-order valence-corrected chi connectivity index (χ2v) is 5.18. The summed E-state index contributed by atoms with van der Waals surface area (Å²) >= 11 is 0. The lowest BCUT2D eigenvalue weighted by Gasteiger charge is -2.44. The molecule has 1 unspecified atom stereocenters. The minimum Gasteiger partial charge on any atom is -0.487 e. The summed E-state index contributed by atoms with van der Waals surface area (Å²) in [5.41, 5.74) is 0.752. The molecule has 0 N–H and O–H groups in total. The number of ketones is 1. The fourth-order valence-corrected chi connectivity index (χ4v) is 3.12. The number of hydrogen-bond acceptors (Lipinski definition) is 3. The third-order valence-electron chi connectivity index (χ3n) is 4.27. The van der Waals surface area contributed by atoms with Crippen LogP contribution in [-0.4, -0.2) is 16.9 Å². The zero-order valence-corrected chi connectivity index (χ0v) is 10.1. The smallest absolute Gasteiger partial charge is 0.146 e. The van der Waals surface area contributed by atoms with Crippen molar-refractivity contribution in [2.24, 2.45) is 5.41 Å². The van der Waals surface area contributed by atoms with Gasteiger partial charge in [-0.25, -0.2) is 0 Å². The van der Waals surface area contributed by atoms with Crippen molar-refractivity contribution in [1.29, 1.82) is 0 Å². The molecule has 0 saturated heterocycles. The largest absolute Gasteiger partial charge is 0.487 e. The van der Waals surface area contributed by atoms with Gasteiger partial charge in [0.25, 0.3) is 0 Å². The standard InChI is InChI=1S/C14H17NO2/c1-10-11(5-4-8-15-10)17-13-9-12(16)14(13)6-2-3-7-14/h4-5,8,13H,2-3,6-7,9H2,1H3. The molecule has 1 aromatic rings. The van der Waals surface area contributed by atoms with Gasteiger partial charge < -0.3 is 4.74 Å². The van der Waals surface area contributed by atoms with Crippen LogP contribution in [0.25, 0.3) is 0 Å². The number of nitrogens with zero attached hydrogens (tertiary/aromatic N) is 1. The highest BCUT2D eigenvalue weighted by atomic mass is 16.5. The predicted molar refractivity (Wildman–Crippen MR) is 63.9 cm³/mol. The van der Waals surface area contributed by atoms with E-state index in [4.69, 9.17) is 4.74 Å². The van der Waals surface area contributed by atoms with Crippen molar-refractivity contribution in [3.05, 3.63) is 24.0 Å². The van der Waals surface area contributed by atoms with Crippen molar-refractivity contribution in [3.8, 4) is 5.75 Å². The molecule has 0 amide bonds. The Morgan fingerprint density at radius 3 is 2.82 bits per heavy atom. The van der Waals surface area contributed by atoms with Crippen molar-refractivity contribution < 1.29 is 9.53 Å². The van der Waals surface area contributed by atoms with Gasteiger partial charge in [-0.05, 0) is 31.9 Å². The average Bonchev–Trinajstić information content (AvgIpc) is 2.83. The van der Waals surface area contributed by atoms with Crippen molar-refractivity contribution in [2.45, 2.75) is 45.1 Å². The summed E-state index contributed by atoms with van der Waals surface area (Å²) in [6.07, 6.45) is 6.77. The number of aromatic nitrogens is 1. The van der Waals surface area contributed by atoms with Crippen LogP contribution in [0.3, 0.4) is 0 Å². The van der Waals surface area contributed by atoms with E-state index < -0.39 is 0 Å². The molecule has 1 spiro atoms. The van der Waals surface area contributed by atoms with Gasteiger partial charge in [0, 0.05) is 12.6 Å². The molecule has 0 radical (unpaired) electrons. The summed E-state index contributed by atoms with van der Waals surface area (Å²) in [7, 11) is 0. The van der Waals surface area contributed by atoms with Crippen molar-refractivity contribution >= 4 is 5.78 Å². The number of rotatable bonds is 2. The molecular weight excluding hydrogens is 214 g/mol. The number of pyridine rings is 1. The molecule has 2 saturated carbocycles. The molecule has 90 valence electrons. The summed E-state index contributed by atoms with van der Waals surface area (Å²) in [5, 5.41) is 0. The number of carbonyl (C=O) groups is 1. The fraction of sp³-hybridized carbons (Fsp3) is 0.571. The Hall–Kier alpha value is -1.38. The third-order valence-corrected chi connectivity index (χ3v) is 4.27. The van der Waals surface area contributed by atoms with Gasteiger partial charge in [-0.3, -0.25) is 9.78 Å². The Morgan fingerprint density at radius 1 is 1.41 bits per heavy atom. The Bertz CT molecular complexity index is 449. The van der Waals surface area contributed by atoms with Gasteiger partial charge in [0.05, 0.1) is 11.1 Å².